The standard InChI is InChI=1S/C21H34N4OS/c1-6-22-20(25-13-14-27-21(4,5)16-25)23-15-17-9-11-18(12-10-17)19(26)24(7-2)8-3/h9-12H,6-8,13-16H2,1-5H3,(H,22,23). The molecule has 0 atom stereocenters. The quantitative estimate of drug-likeness (QED) is 0.597. The van der Waals surface area contributed by atoms with Crippen LogP contribution >= 0.6 is 11.8 Å². The Kier molecular flexibility index (Phi) is 8.02. The SMILES string of the molecule is CCNC(=NCc1ccc(C(=O)N(CC)CC)cc1)N1CCSC(C)(C)C1. The molecule has 0 saturated carbocycles. The summed E-state index contributed by atoms with van der Waals surface area (Å²) in [5.41, 5.74) is 1.86. The highest BCUT2D eigenvalue weighted by Crippen LogP contribution is 2.29. The number of benzene rings is 1. The fraction of sp³-hybridized carbons (Fsp3) is 0.619. The van der Waals surface area contributed by atoms with Crippen LogP contribution in [0.4, 0.5) is 0 Å². The summed E-state index contributed by atoms with van der Waals surface area (Å²) < 4.78 is 0.251. The Morgan fingerprint density at radius 1 is 1.22 bits per heavy atom. The van der Waals surface area contributed by atoms with E-state index in [9.17, 15) is 4.79 Å². The Labute approximate surface area is 168 Å². The van der Waals surface area contributed by atoms with Crippen LogP contribution in [-0.4, -0.2) is 64.9 Å². The smallest absolute Gasteiger partial charge is 0.253 e. The molecule has 0 radical (unpaired) electrons. The molecule has 1 aliphatic heterocycles. The van der Waals surface area contributed by atoms with Crippen molar-refractivity contribution < 1.29 is 4.79 Å². The van der Waals surface area contributed by atoms with Gasteiger partial charge in [0.25, 0.3) is 5.91 Å². The van der Waals surface area contributed by atoms with Crippen molar-refractivity contribution >= 4 is 23.6 Å². The van der Waals surface area contributed by atoms with E-state index < -0.39 is 0 Å². The summed E-state index contributed by atoms with van der Waals surface area (Å²) in [4.78, 5) is 21.5. The molecular formula is C21H34N4OS. The molecule has 1 heterocycles. The number of amides is 1. The molecule has 0 aliphatic carbocycles. The number of carbonyl (C=O) groups is 1. The third-order valence-electron chi connectivity index (χ3n) is 4.72. The minimum atomic E-state index is 0.0939. The van der Waals surface area contributed by atoms with Gasteiger partial charge in [0.05, 0.1) is 6.54 Å². The van der Waals surface area contributed by atoms with Gasteiger partial charge in [-0.1, -0.05) is 12.1 Å². The van der Waals surface area contributed by atoms with Gasteiger partial charge in [-0.05, 0) is 52.3 Å². The van der Waals surface area contributed by atoms with Gasteiger partial charge in [0.15, 0.2) is 5.96 Å². The monoisotopic (exact) mass is 390 g/mol. The number of nitrogens with zero attached hydrogens (tertiary/aromatic N) is 3. The number of guanidine groups is 1. The number of aliphatic imine (C=N–C) groups is 1. The molecule has 1 aromatic carbocycles. The fourth-order valence-electron chi connectivity index (χ4n) is 3.24. The maximum absolute atomic E-state index is 12.4. The van der Waals surface area contributed by atoms with E-state index in [4.69, 9.17) is 4.99 Å². The van der Waals surface area contributed by atoms with Crippen LogP contribution in [0.15, 0.2) is 29.3 Å². The summed E-state index contributed by atoms with van der Waals surface area (Å²) in [6.45, 7) is 15.7. The van der Waals surface area contributed by atoms with Crippen LogP contribution in [0, 0.1) is 0 Å². The lowest BCUT2D eigenvalue weighted by molar-refractivity contribution is 0.0773. The maximum atomic E-state index is 12.4. The first-order valence-electron chi connectivity index (χ1n) is 9.95. The molecule has 1 aliphatic rings. The molecule has 6 heteroatoms. The van der Waals surface area contributed by atoms with E-state index in [-0.39, 0.29) is 10.7 Å². The minimum absolute atomic E-state index is 0.0939. The molecule has 2 rings (SSSR count). The van der Waals surface area contributed by atoms with Gasteiger partial charge in [-0.25, -0.2) is 4.99 Å². The second-order valence-corrected chi connectivity index (χ2v) is 9.18. The van der Waals surface area contributed by atoms with Gasteiger partial charge in [0.2, 0.25) is 0 Å². The Bertz CT molecular complexity index is 638. The van der Waals surface area contributed by atoms with Crippen molar-refractivity contribution in [2.45, 2.75) is 45.9 Å². The van der Waals surface area contributed by atoms with Crippen LogP contribution in [0.2, 0.25) is 0 Å². The van der Waals surface area contributed by atoms with Gasteiger partial charge in [0.1, 0.15) is 0 Å². The topological polar surface area (TPSA) is 47.9 Å². The average Bonchev–Trinajstić information content (AvgIpc) is 2.65. The first-order chi connectivity index (χ1) is 12.9. The van der Waals surface area contributed by atoms with E-state index in [2.05, 4.69) is 31.0 Å². The van der Waals surface area contributed by atoms with Crippen LogP contribution < -0.4 is 5.32 Å². The second-order valence-electron chi connectivity index (χ2n) is 7.37. The number of thioether (sulfide) groups is 1. The van der Waals surface area contributed by atoms with Crippen molar-refractivity contribution in [3.63, 3.8) is 0 Å². The molecule has 0 bridgehead atoms. The maximum Gasteiger partial charge on any atom is 0.253 e. The largest absolute Gasteiger partial charge is 0.357 e. The van der Waals surface area contributed by atoms with Gasteiger partial charge < -0.3 is 15.1 Å². The molecule has 1 N–H and O–H groups in total. The predicted molar refractivity (Wildman–Crippen MR) is 117 cm³/mol. The lowest BCUT2D eigenvalue weighted by atomic mass is 10.1. The fourth-order valence-corrected chi connectivity index (χ4v) is 4.35. The van der Waals surface area contributed by atoms with Crippen molar-refractivity contribution in [2.24, 2.45) is 4.99 Å². The van der Waals surface area contributed by atoms with E-state index in [1.807, 2.05) is 54.8 Å². The Morgan fingerprint density at radius 3 is 2.44 bits per heavy atom. The van der Waals surface area contributed by atoms with Crippen LogP contribution in [0.25, 0.3) is 0 Å². The van der Waals surface area contributed by atoms with Crippen molar-refractivity contribution in [1.29, 1.82) is 0 Å². The zero-order valence-corrected chi connectivity index (χ0v) is 18.2. The summed E-state index contributed by atoms with van der Waals surface area (Å²) in [6.07, 6.45) is 0. The molecule has 5 nitrogen and oxygen atoms in total. The molecule has 150 valence electrons. The highest BCUT2D eigenvalue weighted by Gasteiger charge is 2.28. The highest BCUT2D eigenvalue weighted by molar-refractivity contribution is 8.00. The zero-order chi connectivity index (χ0) is 19.9. The lowest BCUT2D eigenvalue weighted by Crippen LogP contribution is -2.50. The first kappa shape index (κ1) is 21.6. The zero-order valence-electron chi connectivity index (χ0n) is 17.4. The van der Waals surface area contributed by atoms with Gasteiger partial charge in [-0.2, -0.15) is 11.8 Å². The molecule has 0 unspecified atom stereocenters. The Hall–Kier alpha value is -1.69. The summed E-state index contributed by atoms with van der Waals surface area (Å²) >= 11 is 2.02. The van der Waals surface area contributed by atoms with Crippen LogP contribution in [0.1, 0.15) is 50.5 Å². The van der Waals surface area contributed by atoms with Crippen molar-refractivity contribution in [3.8, 4) is 0 Å². The summed E-state index contributed by atoms with van der Waals surface area (Å²) in [7, 11) is 0. The minimum Gasteiger partial charge on any atom is -0.357 e. The van der Waals surface area contributed by atoms with Crippen LogP contribution in [0.3, 0.4) is 0 Å². The van der Waals surface area contributed by atoms with Gasteiger partial charge in [0, 0.05) is 48.8 Å². The summed E-state index contributed by atoms with van der Waals surface area (Å²) in [6, 6.07) is 7.86. The Balaban J connectivity index is 2.06. The summed E-state index contributed by atoms with van der Waals surface area (Å²) in [5, 5.41) is 3.43. The number of carbonyl (C=O) groups excluding carboxylic acids is 1. The molecule has 1 fully saturated rings. The van der Waals surface area contributed by atoms with Gasteiger partial charge in [-0.3, -0.25) is 4.79 Å². The average molecular weight is 391 g/mol. The molecule has 27 heavy (non-hydrogen) atoms. The molecule has 1 saturated heterocycles. The number of nitrogens with one attached hydrogen (secondary N) is 1. The third kappa shape index (κ3) is 6.16. The number of rotatable bonds is 6. The van der Waals surface area contributed by atoms with E-state index in [0.717, 1.165) is 55.6 Å². The third-order valence-corrected chi connectivity index (χ3v) is 6.02. The molecule has 0 spiro atoms. The Morgan fingerprint density at radius 2 is 1.89 bits per heavy atom. The predicted octanol–water partition coefficient (Wildman–Crippen LogP) is 3.46. The number of hydrogen-bond acceptors (Lipinski definition) is 3. The summed E-state index contributed by atoms with van der Waals surface area (Å²) in [5.74, 6) is 2.20. The molecule has 0 aromatic heterocycles. The van der Waals surface area contributed by atoms with E-state index in [1.165, 1.54) is 0 Å². The van der Waals surface area contributed by atoms with Crippen LogP contribution in [0.5, 0.6) is 0 Å². The van der Waals surface area contributed by atoms with Crippen molar-refractivity contribution in [2.75, 3.05) is 38.5 Å². The van der Waals surface area contributed by atoms with Crippen molar-refractivity contribution in [1.82, 2.24) is 15.1 Å². The highest BCUT2D eigenvalue weighted by atomic mass is 32.2. The number of hydrogen-bond donors (Lipinski definition) is 1. The van der Waals surface area contributed by atoms with E-state index in [0.29, 0.717) is 6.54 Å². The second kappa shape index (κ2) is 10.0. The normalized spacial score (nSPS) is 16.9. The molecule has 1 aromatic rings. The van der Waals surface area contributed by atoms with E-state index >= 15 is 0 Å². The van der Waals surface area contributed by atoms with Gasteiger partial charge >= 0.3 is 0 Å². The van der Waals surface area contributed by atoms with Gasteiger partial charge in [-0.15, -0.1) is 0 Å². The van der Waals surface area contributed by atoms with E-state index in [1.54, 1.807) is 0 Å². The van der Waals surface area contributed by atoms with Crippen LogP contribution in [-0.2, 0) is 6.54 Å². The lowest BCUT2D eigenvalue weighted by Gasteiger charge is -2.39. The first-order valence-corrected chi connectivity index (χ1v) is 10.9. The van der Waals surface area contributed by atoms with Crippen molar-refractivity contribution in [3.05, 3.63) is 35.4 Å². The molecule has 1 amide bonds. The molecular weight excluding hydrogens is 356 g/mol.